The molecule has 4 rings (SSSR count). The Balaban J connectivity index is 1.82. The van der Waals surface area contributed by atoms with Gasteiger partial charge in [-0.3, -0.25) is 9.59 Å². The third kappa shape index (κ3) is 5.44. The summed E-state index contributed by atoms with van der Waals surface area (Å²) in [6, 6.07) is 19.2. The van der Waals surface area contributed by atoms with E-state index in [9.17, 15) is 9.59 Å². The number of rotatable bonds is 10. The summed E-state index contributed by atoms with van der Waals surface area (Å²) in [4.78, 5) is 22.9. The quantitative estimate of drug-likeness (QED) is 0.173. The highest BCUT2D eigenvalue weighted by Gasteiger charge is 2.11. The summed E-state index contributed by atoms with van der Waals surface area (Å²) in [6.45, 7) is 0. The number of benzene rings is 4. The molecule has 0 saturated carbocycles. The zero-order valence-corrected chi connectivity index (χ0v) is 21.7. The SMILES string of the molecule is COc1cc(/C=C\c2cc3ccccc3cc2/C=C\c2cc(OC)c(C=O)cc2OC)c(OC)cc1C=O. The molecule has 4 aromatic rings. The lowest BCUT2D eigenvalue weighted by Crippen LogP contribution is -1.95. The van der Waals surface area contributed by atoms with E-state index in [1.165, 1.54) is 14.2 Å². The van der Waals surface area contributed by atoms with Crippen LogP contribution in [-0.4, -0.2) is 41.0 Å². The van der Waals surface area contributed by atoms with Crippen LogP contribution in [0.2, 0.25) is 0 Å². The Hall–Kier alpha value is -4.84. The Labute approximate surface area is 221 Å². The Morgan fingerprint density at radius 3 is 1.11 bits per heavy atom. The fourth-order valence-corrected chi connectivity index (χ4v) is 4.26. The molecule has 0 N–H and O–H groups in total. The number of hydrogen-bond donors (Lipinski definition) is 0. The second kappa shape index (κ2) is 11.9. The van der Waals surface area contributed by atoms with Crippen molar-refractivity contribution in [2.75, 3.05) is 28.4 Å². The van der Waals surface area contributed by atoms with Crippen molar-refractivity contribution < 1.29 is 28.5 Å². The maximum atomic E-state index is 11.4. The van der Waals surface area contributed by atoms with E-state index in [2.05, 4.69) is 24.3 Å². The van der Waals surface area contributed by atoms with Crippen LogP contribution in [0.1, 0.15) is 43.0 Å². The Kier molecular flexibility index (Phi) is 8.23. The zero-order chi connectivity index (χ0) is 27.1. The third-order valence-electron chi connectivity index (χ3n) is 6.25. The lowest BCUT2D eigenvalue weighted by molar-refractivity contribution is 0.111. The molecule has 192 valence electrons. The molecular weight excluding hydrogens is 480 g/mol. The fourth-order valence-electron chi connectivity index (χ4n) is 4.26. The monoisotopic (exact) mass is 508 g/mol. The molecule has 0 fully saturated rings. The highest BCUT2D eigenvalue weighted by molar-refractivity contribution is 5.93. The molecule has 6 nitrogen and oxygen atoms in total. The Morgan fingerprint density at radius 1 is 0.447 bits per heavy atom. The molecule has 0 spiro atoms. The van der Waals surface area contributed by atoms with E-state index in [1.54, 1.807) is 38.5 Å². The van der Waals surface area contributed by atoms with Gasteiger partial charge in [0.25, 0.3) is 0 Å². The van der Waals surface area contributed by atoms with Crippen molar-refractivity contribution in [2.45, 2.75) is 0 Å². The van der Waals surface area contributed by atoms with Crippen molar-refractivity contribution in [1.29, 1.82) is 0 Å². The van der Waals surface area contributed by atoms with Crippen molar-refractivity contribution in [1.82, 2.24) is 0 Å². The summed E-state index contributed by atoms with van der Waals surface area (Å²) >= 11 is 0. The second-order valence-electron chi connectivity index (χ2n) is 8.40. The first-order chi connectivity index (χ1) is 18.5. The summed E-state index contributed by atoms with van der Waals surface area (Å²) in [5.74, 6) is 2.07. The van der Waals surface area contributed by atoms with Crippen LogP contribution in [0.5, 0.6) is 23.0 Å². The highest BCUT2D eigenvalue weighted by Crippen LogP contribution is 2.32. The Bertz CT molecular complexity index is 1430. The van der Waals surface area contributed by atoms with Gasteiger partial charge in [0.15, 0.2) is 12.6 Å². The van der Waals surface area contributed by atoms with Gasteiger partial charge in [-0.2, -0.15) is 0 Å². The number of fused-ring (bicyclic) bond motifs is 1. The highest BCUT2D eigenvalue weighted by atomic mass is 16.5. The molecule has 0 atom stereocenters. The zero-order valence-electron chi connectivity index (χ0n) is 21.7. The van der Waals surface area contributed by atoms with E-state index < -0.39 is 0 Å². The number of ether oxygens (including phenoxy) is 4. The molecule has 0 aliphatic rings. The number of hydrogen-bond acceptors (Lipinski definition) is 6. The fraction of sp³-hybridized carbons (Fsp3) is 0.125. The van der Waals surface area contributed by atoms with Crippen LogP contribution >= 0.6 is 0 Å². The summed E-state index contributed by atoms with van der Waals surface area (Å²) < 4.78 is 21.8. The van der Waals surface area contributed by atoms with Crippen molar-refractivity contribution in [2.24, 2.45) is 0 Å². The lowest BCUT2D eigenvalue weighted by Gasteiger charge is -2.11. The molecule has 0 radical (unpaired) electrons. The van der Waals surface area contributed by atoms with Gasteiger partial charge >= 0.3 is 0 Å². The van der Waals surface area contributed by atoms with Gasteiger partial charge in [0, 0.05) is 11.1 Å². The smallest absolute Gasteiger partial charge is 0.153 e. The van der Waals surface area contributed by atoms with Gasteiger partial charge in [-0.15, -0.1) is 0 Å². The van der Waals surface area contributed by atoms with Crippen LogP contribution in [-0.2, 0) is 0 Å². The molecule has 0 aromatic heterocycles. The first-order valence-corrected chi connectivity index (χ1v) is 11.9. The van der Waals surface area contributed by atoms with E-state index in [0.29, 0.717) is 34.1 Å². The van der Waals surface area contributed by atoms with Gasteiger partial charge in [-0.1, -0.05) is 48.6 Å². The van der Waals surface area contributed by atoms with Crippen LogP contribution in [0.4, 0.5) is 0 Å². The van der Waals surface area contributed by atoms with E-state index in [-0.39, 0.29) is 0 Å². The molecule has 6 heteroatoms. The summed E-state index contributed by atoms with van der Waals surface area (Å²) in [5, 5.41) is 2.19. The Morgan fingerprint density at radius 2 is 0.763 bits per heavy atom. The number of methoxy groups -OCH3 is 4. The lowest BCUT2D eigenvalue weighted by atomic mass is 9.98. The summed E-state index contributed by atoms with van der Waals surface area (Å²) in [6.07, 6.45) is 9.34. The molecule has 0 aliphatic carbocycles. The molecule has 4 aromatic carbocycles. The number of carbonyl (C=O) groups excluding carboxylic acids is 2. The topological polar surface area (TPSA) is 71.1 Å². The van der Waals surface area contributed by atoms with Gasteiger partial charge in [-0.05, 0) is 58.3 Å². The largest absolute Gasteiger partial charge is 0.496 e. The molecule has 0 heterocycles. The van der Waals surface area contributed by atoms with Crippen molar-refractivity contribution in [3.05, 3.63) is 94.0 Å². The van der Waals surface area contributed by atoms with Crippen molar-refractivity contribution in [3.8, 4) is 23.0 Å². The van der Waals surface area contributed by atoms with Crippen LogP contribution in [0, 0.1) is 0 Å². The van der Waals surface area contributed by atoms with E-state index in [0.717, 1.165) is 45.6 Å². The van der Waals surface area contributed by atoms with Gasteiger partial charge in [0.2, 0.25) is 0 Å². The molecule has 38 heavy (non-hydrogen) atoms. The molecule has 0 aliphatic heterocycles. The molecular formula is C32H28O6. The third-order valence-corrected chi connectivity index (χ3v) is 6.25. The van der Waals surface area contributed by atoms with Gasteiger partial charge in [0.1, 0.15) is 23.0 Å². The maximum absolute atomic E-state index is 11.4. The molecule has 0 bridgehead atoms. The van der Waals surface area contributed by atoms with Crippen molar-refractivity contribution in [3.63, 3.8) is 0 Å². The van der Waals surface area contributed by atoms with Gasteiger partial charge < -0.3 is 18.9 Å². The average molecular weight is 509 g/mol. The maximum Gasteiger partial charge on any atom is 0.153 e. The van der Waals surface area contributed by atoms with Crippen LogP contribution in [0.25, 0.3) is 35.1 Å². The summed E-state index contributed by atoms with van der Waals surface area (Å²) in [7, 11) is 6.18. The molecule has 0 amide bonds. The minimum Gasteiger partial charge on any atom is -0.496 e. The normalized spacial score (nSPS) is 11.2. The van der Waals surface area contributed by atoms with E-state index in [4.69, 9.17) is 18.9 Å². The second-order valence-corrected chi connectivity index (χ2v) is 8.40. The predicted molar refractivity (Wildman–Crippen MR) is 152 cm³/mol. The average Bonchev–Trinajstić information content (AvgIpc) is 2.97. The van der Waals surface area contributed by atoms with E-state index >= 15 is 0 Å². The molecule has 0 unspecified atom stereocenters. The van der Waals surface area contributed by atoms with Crippen molar-refractivity contribution >= 4 is 47.6 Å². The van der Waals surface area contributed by atoms with E-state index in [1.807, 2.05) is 36.4 Å². The number of aldehydes is 2. The first kappa shape index (κ1) is 26.2. The predicted octanol–water partition coefficient (Wildman–Crippen LogP) is 6.84. The van der Waals surface area contributed by atoms with Crippen LogP contribution in [0.3, 0.4) is 0 Å². The standard InChI is InChI=1S/C32H28O6/c1-35-29-17-27(19-33)31(37-3)15-25(29)11-9-23-13-21-7-5-6-8-22(21)14-24(23)10-12-26-16-32(38-4)28(20-34)18-30(26)36-2/h5-20H,1-4H3/b11-9-,12-10-. The first-order valence-electron chi connectivity index (χ1n) is 11.9. The van der Waals surface area contributed by atoms with Gasteiger partial charge in [-0.25, -0.2) is 0 Å². The van der Waals surface area contributed by atoms with Crippen LogP contribution < -0.4 is 18.9 Å². The number of carbonyl (C=O) groups is 2. The molecule has 0 saturated heterocycles. The minimum atomic E-state index is 0.417. The minimum absolute atomic E-state index is 0.417. The van der Waals surface area contributed by atoms with Crippen LogP contribution in [0.15, 0.2) is 60.7 Å². The summed E-state index contributed by atoms with van der Waals surface area (Å²) in [5.41, 5.74) is 4.32. The van der Waals surface area contributed by atoms with Gasteiger partial charge in [0.05, 0.1) is 39.6 Å².